The second-order valence-corrected chi connectivity index (χ2v) is 5.88. The highest BCUT2D eigenvalue weighted by molar-refractivity contribution is 6.03. The molecule has 1 aromatic carbocycles. The van der Waals surface area contributed by atoms with Crippen molar-refractivity contribution in [3.8, 4) is 0 Å². The van der Waals surface area contributed by atoms with Crippen LogP contribution in [0.2, 0.25) is 0 Å². The lowest BCUT2D eigenvalue weighted by atomic mass is 10.1. The smallest absolute Gasteiger partial charge is 0.275 e. The summed E-state index contributed by atoms with van der Waals surface area (Å²) in [6.07, 6.45) is 8.92. The zero-order valence-electron chi connectivity index (χ0n) is 13.4. The molecule has 2 N–H and O–H groups in total. The molecule has 0 unspecified atom stereocenters. The van der Waals surface area contributed by atoms with E-state index in [0.717, 1.165) is 23.5 Å². The van der Waals surface area contributed by atoms with Crippen LogP contribution in [0, 0.1) is 0 Å². The zero-order valence-corrected chi connectivity index (χ0v) is 13.4. The Morgan fingerprint density at radius 3 is 2.65 bits per heavy atom. The maximum Gasteiger partial charge on any atom is 0.275 e. The normalized spacial score (nSPS) is 14.7. The topological polar surface area (TPSA) is 66.9 Å². The average Bonchev–Trinajstić information content (AvgIpc) is 3.09. The Bertz CT molecular complexity index is 663. The van der Waals surface area contributed by atoms with Crippen molar-refractivity contribution < 1.29 is 4.79 Å². The molecule has 0 saturated heterocycles. The summed E-state index contributed by atoms with van der Waals surface area (Å²) >= 11 is 0. The predicted molar refractivity (Wildman–Crippen MR) is 91.7 cm³/mol. The largest absolute Gasteiger partial charge is 0.366 e. The Morgan fingerprint density at radius 2 is 1.96 bits per heavy atom. The number of aryl methyl sites for hydroxylation is 1. The molecule has 0 bridgehead atoms. The molecule has 1 saturated carbocycles. The fourth-order valence-electron chi connectivity index (χ4n) is 2.94. The van der Waals surface area contributed by atoms with Gasteiger partial charge in [0.25, 0.3) is 5.91 Å². The molecule has 1 amide bonds. The first-order valence-electron chi connectivity index (χ1n) is 8.24. The van der Waals surface area contributed by atoms with E-state index in [1.165, 1.54) is 31.9 Å². The molecule has 23 heavy (non-hydrogen) atoms. The number of carbonyl (C=O) groups is 1. The summed E-state index contributed by atoms with van der Waals surface area (Å²) in [6, 6.07) is 8.28. The van der Waals surface area contributed by atoms with E-state index in [0.29, 0.717) is 11.7 Å². The van der Waals surface area contributed by atoms with Gasteiger partial charge in [-0.2, -0.15) is 0 Å². The van der Waals surface area contributed by atoms with E-state index in [1.54, 1.807) is 6.20 Å². The Hall–Kier alpha value is -2.43. The summed E-state index contributed by atoms with van der Waals surface area (Å²) in [6.45, 7) is 2.06. The average molecular weight is 310 g/mol. The lowest BCUT2D eigenvalue weighted by Gasteiger charge is -2.12. The third-order valence-electron chi connectivity index (χ3n) is 4.24. The Labute approximate surface area is 136 Å². The summed E-state index contributed by atoms with van der Waals surface area (Å²) in [5.41, 5.74) is 2.26. The molecule has 0 spiro atoms. The molecule has 120 valence electrons. The maximum absolute atomic E-state index is 12.3. The number of amides is 1. The molecule has 1 aliphatic carbocycles. The molecule has 1 aliphatic rings. The number of benzene rings is 1. The van der Waals surface area contributed by atoms with Gasteiger partial charge in [0.05, 0.1) is 12.4 Å². The molecular weight excluding hydrogens is 288 g/mol. The van der Waals surface area contributed by atoms with Gasteiger partial charge in [-0.1, -0.05) is 38.0 Å². The van der Waals surface area contributed by atoms with Crippen molar-refractivity contribution in [3.63, 3.8) is 0 Å². The minimum atomic E-state index is -0.231. The number of aromatic nitrogens is 2. The first-order valence-corrected chi connectivity index (χ1v) is 8.24. The van der Waals surface area contributed by atoms with E-state index in [4.69, 9.17) is 0 Å². The third kappa shape index (κ3) is 3.86. The van der Waals surface area contributed by atoms with Gasteiger partial charge in [-0.25, -0.2) is 9.97 Å². The number of nitrogens with zero attached hydrogens (tertiary/aromatic N) is 2. The van der Waals surface area contributed by atoms with E-state index in [9.17, 15) is 4.79 Å². The van der Waals surface area contributed by atoms with Gasteiger partial charge < -0.3 is 10.6 Å². The quantitative estimate of drug-likeness (QED) is 0.884. The van der Waals surface area contributed by atoms with Gasteiger partial charge in [-0.05, 0) is 30.9 Å². The third-order valence-corrected chi connectivity index (χ3v) is 4.24. The number of carbonyl (C=O) groups excluding carboxylic acids is 1. The summed E-state index contributed by atoms with van der Waals surface area (Å²) < 4.78 is 0. The van der Waals surface area contributed by atoms with Gasteiger partial charge >= 0.3 is 0 Å². The molecule has 5 nitrogen and oxygen atoms in total. The predicted octanol–water partition coefficient (Wildman–Crippen LogP) is 3.65. The molecular formula is C18H22N4O. The fourth-order valence-corrected chi connectivity index (χ4v) is 2.94. The van der Waals surface area contributed by atoms with Crippen molar-refractivity contribution in [1.29, 1.82) is 0 Å². The van der Waals surface area contributed by atoms with Gasteiger partial charge in [0.2, 0.25) is 0 Å². The number of hydrogen-bond acceptors (Lipinski definition) is 4. The zero-order chi connectivity index (χ0) is 16.1. The molecule has 0 radical (unpaired) electrons. The Balaban J connectivity index is 1.65. The van der Waals surface area contributed by atoms with Crippen LogP contribution in [0.4, 0.5) is 11.5 Å². The van der Waals surface area contributed by atoms with E-state index >= 15 is 0 Å². The highest BCUT2D eigenvalue weighted by atomic mass is 16.1. The second-order valence-electron chi connectivity index (χ2n) is 5.88. The monoisotopic (exact) mass is 310 g/mol. The molecule has 1 aromatic heterocycles. The van der Waals surface area contributed by atoms with Crippen molar-refractivity contribution >= 4 is 17.4 Å². The van der Waals surface area contributed by atoms with Crippen molar-refractivity contribution in [2.24, 2.45) is 0 Å². The SMILES string of the molecule is CCc1ccccc1NC(=O)c1cnc(NC2CCCC2)cn1. The molecule has 0 aliphatic heterocycles. The van der Waals surface area contributed by atoms with Gasteiger partial charge in [-0.15, -0.1) is 0 Å². The van der Waals surface area contributed by atoms with Crippen LogP contribution in [0.5, 0.6) is 0 Å². The number of hydrogen-bond donors (Lipinski definition) is 2. The molecule has 3 rings (SSSR count). The number of anilines is 2. The summed E-state index contributed by atoms with van der Waals surface area (Å²) in [5, 5.41) is 6.28. The Kier molecular flexibility index (Phi) is 4.86. The van der Waals surface area contributed by atoms with Crippen LogP contribution < -0.4 is 10.6 Å². The standard InChI is InChI=1S/C18H22N4O/c1-2-13-7-3-6-10-15(13)22-18(23)16-11-20-17(12-19-16)21-14-8-4-5-9-14/h3,6-7,10-12,14H,2,4-5,8-9H2,1H3,(H,20,21)(H,22,23). The Morgan fingerprint density at radius 1 is 1.17 bits per heavy atom. The van der Waals surface area contributed by atoms with E-state index in [2.05, 4.69) is 27.5 Å². The van der Waals surface area contributed by atoms with Crippen LogP contribution in [0.3, 0.4) is 0 Å². The molecule has 1 heterocycles. The summed E-state index contributed by atoms with van der Waals surface area (Å²) in [5.74, 6) is 0.508. The van der Waals surface area contributed by atoms with Gasteiger partial charge in [-0.3, -0.25) is 4.79 Å². The van der Waals surface area contributed by atoms with Crippen LogP contribution in [0.25, 0.3) is 0 Å². The van der Waals surface area contributed by atoms with E-state index < -0.39 is 0 Å². The summed E-state index contributed by atoms with van der Waals surface area (Å²) in [4.78, 5) is 20.9. The molecule has 1 fully saturated rings. The fraction of sp³-hybridized carbons (Fsp3) is 0.389. The number of para-hydroxylation sites is 1. The van der Waals surface area contributed by atoms with Crippen molar-refractivity contribution in [3.05, 3.63) is 47.9 Å². The highest BCUT2D eigenvalue weighted by Crippen LogP contribution is 2.21. The minimum absolute atomic E-state index is 0.231. The molecule has 2 aromatic rings. The van der Waals surface area contributed by atoms with Crippen LogP contribution in [0.1, 0.15) is 48.7 Å². The first kappa shape index (κ1) is 15.5. The van der Waals surface area contributed by atoms with Crippen LogP contribution in [-0.2, 0) is 6.42 Å². The van der Waals surface area contributed by atoms with Gasteiger partial charge in [0, 0.05) is 11.7 Å². The lowest BCUT2D eigenvalue weighted by Crippen LogP contribution is -2.18. The van der Waals surface area contributed by atoms with E-state index in [-0.39, 0.29) is 5.91 Å². The first-order chi connectivity index (χ1) is 11.3. The van der Waals surface area contributed by atoms with Crippen LogP contribution >= 0.6 is 0 Å². The number of nitrogens with one attached hydrogen (secondary N) is 2. The highest BCUT2D eigenvalue weighted by Gasteiger charge is 2.16. The van der Waals surface area contributed by atoms with Crippen LogP contribution in [-0.4, -0.2) is 21.9 Å². The molecule has 0 atom stereocenters. The van der Waals surface area contributed by atoms with Crippen LogP contribution in [0.15, 0.2) is 36.7 Å². The van der Waals surface area contributed by atoms with Crippen molar-refractivity contribution in [2.75, 3.05) is 10.6 Å². The summed E-state index contributed by atoms with van der Waals surface area (Å²) in [7, 11) is 0. The second kappa shape index (κ2) is 7.22. The van der Waals surface area contributed by atoms with E-state index in [1.807, 2.05) is 24.3 Å². The van der Waals surface area contributed by atoms with Crippen molar-refractivity contribution in [2.45, 2.75) is 45.1 Å². The lowest BCUT2D eigenvalue weighted by molar-refractivity contribution is 0.102. The van der Waals surface area contributed by atoms with Crippen molar-refractivity contribution in [1.82, 2.24) is 9.97 Å². The van der Waals surface area contributed by atoms with Gasteiger partial charge in [0.1, 0.15) is 11.5 Å². The maximum atomic E-state index is 12.3. The van der Waals surface area contributed by atoms with Gasteiger partial charge in [0.15, 0.2) is 0 Å². The molecule has 5 heteroatoms. The number of rotatable bonds is 5. The minimum Gasteiger partial charge on any atom is -0.366 e.